The van der Waals surface area contributed by atoms with Gasteiger partial charge in [-0.25, -0.2) is 4.98 Å². The van der Waals surface area contributed by atoms with E-state index >= 15 is 0 Å². The van der Waals surface area contributed by atoms with Crippen LogP contribution in [0.1, 0.15) is 18.9 Å². The first kappa shape index (κ1) is 17.0. The molecule has 0 saturated carbocycles. The lowest BCUT2D eigenvalue weighted by Gasteiger charge is -2.17. The fraction of sp³-hybridized carbons (Fsp3) is 0.312. The van der Waals surface area contributed by atoms with E-state index in [9.17, 15) is 19.7 Å². The Labute approximate surface area is 147 Å². The van der Waals surface area contributed by atoms with Gasteiger partial charge in [0, 0.05) is 18.7 Å². The number of nitrogens with zero attached hydrogens (tertiary/aromatic N) is 3. The van der Waals surface area contributed by atoms with Gasteiger partial charge in [0.15, 0.2) is 5.13 Å². The standard InChI is InChI=1S/C16H16N4O4S/c1-2-10-3-5-12(6-4-10)19-9-11(7-13(19)21)15(22)18-16-17-8-14(25-16)20(23)24/h3-6,8,11H,2,7,9H2,1H3,(H,17,18,22). The van der Waals surface area contributed by atoms with Gasteiger partial charge in [-0.05, 0) is 35.5 Å². The first-order valence-corrected chi connectivity index (χ1v) is 8.60. The lowest BCUT2D eigenvalue weighted by atomic mass is 10.1. The Morgan fingerprint density at radius 3 is 2.76 bits per heavy atom. The van der Waals surface area contributed by atoms with Crippen molar-refractivity contribution in [3.63, 3.8) is 0 Å². The van der Waals surface area contributed by atoms with Crippen LogP contribution in [0.2, 0.25) is 0 Å². The van der Waals surface area contributed by atoms with Crippen molar-refractivity contribution < 1.29 is 14.5 Å². The van der Waals surface area contributed by atoms with E-state index in [0.29, 0.717) is 0 Å². The average molecular weight is 360 g/mol. The lowest BCUT2D eigenvalue weighted by molar-refractivity contribution is -0.380. The summed E-state index contributed by atoms with van der Waals surface area (Å²) < 4.78 is 0. The van der Waals surface area contributed by atoms with Crippen molar-refractivity contribution in [2.75, 3.05) is 16.8 Å². The van der Waals surface area contributed by atoms with Crippen LogP contribution in [0, 0.1) is 16.0 Å². The molecule has 2 heterocycles. The zero-order chi connectivity index (χ0) is 18.0. The molecule has 1 unspecified atom stereocenters. The topological polar surface area (TPSA) is 105 Å². The third-order valence-electron chi connectivity index (χ3n) is 4.06. The van der Waals surface area contributed by atoms with Crippen molar-refractivity contribution in [2.24, 2.45) is 5.92 Å². The maximum absolute atomic E-state index is 12.3. The molecule has 1 aliphatic rings. The largest absolute Gasteiger partial charge is 0.345 e. The summed E-state index contributed by atoms with van der Waals surface area (Å²) in [5.41, 5.74) is 1.94. The zero-order valence-electron chi connectivity index (χ0n) is 13.5. The molecule has 1 N–H and O–H groups in total. The Balaban J connectivity index is 1.66. The maximum Gasteiger partial charge on any atom is 0.345 e. The molecule has 3 rings (SSSR count). The summed E-state index contributed by atoms with van der Waals surface area (Å²) >= 11 is 0.789. The number of carbonyl (C=O) groups is 2. The van der Waals surface area contributed by atoms with E-state index in [-0.39, 0.29) is 34.9 Å². The van der Waals surface area contributed by atoms with Gasteiger partial charge >= 0.3 is 5.00 Å². The molecule has 2 amide bonds. The Hall–Kier alpha value is -2.81. The number of anilines is 2. The predicted octanol–water partition coefficient (Wildman–Crippen LogP) is 2.61. The number of thiazole rings is 1. The minimum Gasteiger partial charge on any atom is -0.312 e. The highest BCUT2D eigenvalue weighted by Crippen LogP contribution is 2.28. The Kier molecular flexibility index (Phi) is 4.75. The highest BCUT2D eigenvalue weighted by Gasteiger charge is 2.35. The van der Waals surface area contributed by atoms with E-state index in [0.717, 1.165) is 29.6 Å². The molecule has 9 heteroatoms. The van der Waals surface area contributed by atoms with Gasteiger partial charge in [-0.2, -0.15) is 0 Å². The van der Waals surface area contributed by atoms with E-state index in [2.05, 4.69) is 17.2 Å². The van der Waals surface area contributed by atoms with E-state index < -0.39 is 10.8 Å². The summed E-state index contributed by atoms with van der Waals surface area (Å²) in [5.74, 6) is -0.985. The predicted molar refractivity (Wildman–Crippen MR) is 93.7 cm³/mol. The van der Waals surface area contributed by atoms with E-state index in [1.165, 1.54) is 5.56 Å². The number of aromatic nitrogens is 1. The molecule has 1 atom stereocenters. The van der Waals surface area contributed by atoms with Crippen molar-refractivity contribution in [2.45, 2.75) is 19.8 Å². The molecule has 0 spiro atoms. The fourth-order valence-corrected chi connectivity index (χ4v) is 3.29. The minimum atomic E-state index is -0.561. The Morgan fingerprint density at radius 1 is 1.44 bits per heavy atom. The van der Waals surface area contributed by atoms with Gasteiger partial charge in [-0.3, -0.25) is 19.7 Å². The van der Waals surface area contributed by atoms with Crippen molar-refractivity contribution in [1.29, 1.82) is 0 Å². The third kappa shape index (κ3) is 3.66. The molecule has 1 saturated heterocycles. The van der Waals surface area contributed by atoms with Crippen LogP contribution in [0.4, 0.5) is 15.8 Å². The van der Waals surface area contributed by atoms with Gasteiger partial charge in [0.2, 0.25) is 11.8 Å². The first-order valence-electron chi connectivity index (χ1n) is 7.78. The number of carbonyl (C=O) groups excluding carboxylic acids is 2. The molecule has 1 aromatic heterocycles. The molecule has 25 heavy (non-hydrogen) atoms. The zero-order valence-corrected chi connectivity index (χ0v) is 14.3. The molecular weight excluding hydrogens is 344 g/mol. The molecule has 0 radical (unpaired) electrons. The first-order chi connectivity index (χ1) is 12.0. The molecule has 0 bridgehead atoms. The normalized spacial score (nSPS) is 16.9. The number of nitrogens with one attached hydrogen (secondary N) is 1. The highest BCUT2D eigenvalue weighted by atomic mass is 32.1. The summed E-state index contributed by atoms with van der Waals surface area (Å²) in [7, 11) is 0. The van der Waals surface area contributed by atoms with Gasteiger partial charge in [0.05, 0.1) is 10.8 Å². The smallest absolute Gasteiger partial charge is 0.312 e. The maximum atomic E-state index is 12.3. The fourth-order valence-electron chi connectivity index (χ4n) is 2.66. The van der Waals surface area contributed by atoms with E-state index in [1.807, 2.05) is 24.3 Å². The molecule has 1 aromatic carbocycles. The minimum absolute atomic E-state index is 0.106. The van der Waals surface area contributed by atoms with Gasteiger partial charge in [-0.1, -0.05) is 19.1 Å². The second kappa shape index (κ2) is 6.98. The molecule has 1 fully saturated rings. The summed E-state index contributed by atoms with van der Waals surface area (Å²) in [4.78, 5) is 40.1. The van der Waals surface area contributed by atoms with Gasteiger partial charge in [0.25, 0.3) is 0 Å². The number of aryl methyl sites for hydroxylation is 1. The summed E-state index contributed by atoms with van der Waals surface area (Å²) in [6.07, 6.45) is 2.12. The van der Waals surface area contributed by atoms with E-state index in [1.54, 1.807) is 4.90 Å². The van der Waals surface area contributed by atoms with Gasteiger partial charge in [0.1, 0.15) is 6.20 Å². The molecule has 8 nitrogen and oxygen atoms in total. The second-order valence-corrected chi connectivity index (χ2v) is 6.68. The van der Waals surface area contributed by atoms with Crippen LogP contribution >= 0.6 is 11.3 Å². The van der Waals surface area contributed by atoms with Gasteiger partial charge in [-0.15, -0.1) is 0 Å². The van der Waals surface area contributed by atoms with Crippen LogP contribution in [0.5, 0.6) is 0 Å². The van der Waals surface area contributed by atoms with Crippen molar-refractivity contribution in [3.8, 4) is 0 Å². The summed E-state index contributed by atoms with van der Waals surface area (Å²) in [6.45, 7) is 2.34. The van der Waals surface area contributed by atoms with Crippen molar-refractivity contribution in [3.05, 3.63) is 46.1 Å². The van der Waals surface area contributed by atoms with E-state index in [4.69, 9.17) is 0 Å². The molecule has 2 aromatic rings. The van der Waals surface area contributed by atoms with Crippen LogP contribution in [-0.2, 0) is 16.0 Å². The van der Waals surface area contributed by atoms with Crippen LogP contribution in [0.25, 0.3) is 0 Å². The van der Waals surface area contributed by atoms with Crippen LogP contribution in [0.15, 0.2) is 30.5 Å². The third-order valence-corrected chi connectivity index (χ3v) is 4.92. The van der Waals surface area contributed by atoms with Crippen LogP contribution in [0.3, 0.4) is 0 Å². The van der Waals surface area contributed by atoms with Crippen LogP contribution in [-0.4, -0.2) is 28.3 Å². The average Bonchev–Trinajstić information content (AvgIpc) is 3.22. The van der Waals surface area contributed by atoms with Crippen molar-refractivity contribution in [1.82, 2.24) is 4.98 Å². The number of hydrogen-bond acceptors (Lipinski definition) is 6. The number of benzene rings is 1. The Bertz CT molecular complexity index is 818. The van der Waals surface area contributed by atoms with Gasteiger partial charge < -0.3 is 10.2 Å². The lowest BCUT2D eigenvalue weighted by Crippen LogP contribution is -2.28. The monoisotopic (exact) mass is 360 g/mol. The SMILES string of the molecule is CCc1ccc(N2CC(C(=O)Nc3ncc([N+](=O)[O-])s3)CC2=O)cc1. The highest BCUT2D eigenvalue weighted by molar-refractivity contribution is 7.18. The molecule has 130 valence electrons. The summed E-state index contributed by atoms with van der Waals surface area (Å²) in [6, 6.07) is 7.68. The second-order valence-electron chi connectivity index (χ2n) is 5.68. The van der Waals surface area contributed by atoms with Crippen molar-refractivity contribution >= 4 is 39.0 Å². The van der Waals surface area contributed by atoms with Crippen LogP contribution < -0.4 is 10.2 Å². The molecule has 1 aliphatic heterocycles. The quantitative estimate of drug-likeness (QED) is 0.652. The number of rotatable bonds is 5. The Morgan fingerprint density at radius 2 is 2.16 bits per heavy atom. The number of hydrogen-bond donors (Lipinski definition) is 1. The number of nitro groups is 1. The summed E-state index contributed by atoms with van der Waals surface area (Å²) in [5, 5.41) is 13.2. The molecule has 0 aliphatic carbocycles. The number of amides is 2. The molecular formula is C16H16N4O4S.